The first kappa shape index (κ1) is 16.3. The Morgan fingerprint density at radius 3 is 2.48 bits per heavy atom. The number of amides is 2. The van der Waals surface area contributed by atoms with Crippen LogP contribution in [0.15, 0.2) is 27.1 Å². The fourth-order valence-corrected chi connectivity index (χ4v) is 3.69. The lowest BCUT2D eigenvalue weighted by atomic mass is 9.86. The molecule has 1 saturated carbocycles. The summed E-state index contributed by atoms with van der Waals surface area (Å²) in [4.78, 5) is 23.1. The SMILES string of the molecule is O=C(Nc1c(Br)cccc1Br)NC1CCCC(C(=O)O)C1. The Morgan fingerprint density at radius 1 is 1.19 bits per heavy atom. The van der Waals surface area contributed by atoms with E-state index in [0.717, 1.165) is 21.8 Å². The lowest BCUT2D eigenvalue weighted by Gasteiger charge is -2.27. The Bertz CT molecular complexity index is 531. The Hall–Kier alpha value is -1.08. The minimum Gasteiger partial charge on any atom is -0.481 e. The van der Waals surface area contributed by atoms with Crippen molar-refractivity contribution in [2.24, 2.45) is 5.92 Å². The van der Waals surface area contributed by atoms with Crippen LogP contribution < -0.4 is 10.6 Å². The number of nitrogens with one attached hydrogen (secondary N) is 2. The zero-order valence-corrected chi connectivity index (χ0v) is 14.4. The third-order valence-electron chi connectivity index (χ3n) is 3.56. The van der Waals surface area contributed by atoms with E-state index < -0.39 is 5.97 Å². The molecule has 0 saturated heterocycles. The molecular formula is C14H16Br2N2O3. The molecule has 2 atom stereocenters. The van der Waals surface area contributed by atoms with Crippen LogP contribution in [0.25, 0.3) is 0 Å². The predicted octanol–water partition coefficient (Wildman–Crippen LogP) is 3.98. The highest BCUT2D eigenvalue weighted by Crippen LogP contribution is 2.30. The summed E-state index contributed by atoms with van der Waals surface area (Å²) in [7, 11) is 0. The van der Waals surface area contributed by atoms with Crippen LogP contribution in [-0.2, 0) is 4.79 Å². The quantitative estimate of drug-likeness (QED) is 0.693. The summed E-state index contributed by atoms with van der Waals surface area (Å²) in [5.41, 5.74) is 0.653. The molecule has 21 heavy (non-hydrogen) atoms. The number of halogens is 2. The van der Waals surface area contributed by atoms with E-state index in [2.05, 4.69) is 42.5 Å². The number of benzene rings is 1. The molecule has 1 aromatic rings. The maximum absolute atomic E-state index is 12.1. The highest BCUT2D eigenvalue weighted by atomic mass is 79.9. The van der Waals surface area contributed by atoms with Crippen molar-refractivity contribution in [3.63, 3.8) is 0 Å². The standard InChI is InChI=1S/C14H16Br2N2O3/c15-10-5-2-6-11(16)12(10)18-14(21)17-9-4-1-3-8(7-9)13(19)20/h2,5-6,8-9H,1,3-4,7H2,(H,19,20)(H2,17,18,21). The van der Waals surface area contributed by atoms with Crippen molar-refractivity contribution in [3.05, 3.63) is 27.1 Å². The monoisotopic (exact) mass is 418 g/mol. The molecule has 2 amide bonds. The van der Waals surface area contributed by atoms with Crippen LogP contribution in [0.3, 0.4) is 0 Å². The zero-order valence-electron chi connectivity index (χ0n) is 11.2. The van der Waals surface area contributed by atoms with Crippen molar-refractivity contribution < 1.29 is 14.7 Å². The third-order valence-corrected chi connectivity index (χ3v) is 4.88. The number of carboxylic acid groups (broad SMARTS) is 1. The lowest BCUT2D eigenvalue weighted by Crippen LogP contribution is -2.42. The topological polar surface area (TPSA) is 78.4 Å². The van der Waals surface area contributed by atoms with Gasteiger partial charge in [0.15, 0.2) is 0 Å². The van der Waals surface area contributed by atoms with Gasteiger partial charge in [-0.2, -0.15) is 0 Å². The molecule has 1 aromatic carbocycles. The van der Waals surface area contributed by atoms with Gasteiger partial charge in [-0.3, -0.25) is 4.79 Å². The first-order chi connectivity index (χ1) is 9.97. The van der Waals surface area contributed by atoms with Crippen LogP contribution in [0.2, 0.25) is 0 Å². The number of carboxylic acids is 1. The Morgan fingerprint density at radius 2 is 1.86 bits per heavy atom. The van der Waals surface area contributed by atoms with E-state index in [1.165, 1.54) is 0 Å². The van der Waals surface area contributed by atoms with Gasteiger partial charge < -0.3 is 15.7 Å². The molecule has 1 aliphatic rings. The van der Waals surface area contributed by atoms with E-state index in [-0.39, 0.29) is 18.0 Å². The smallest absolute Gasteiger partial charge is 0.319 e. The molecule has 7 heteroatoms. The average Bonchev–Trinajstić information content (AvgIpc) is 2.43. The van der Waals surface area contributed by atoms with Gasteiger partial charge in [0.2, 0.25) is 0 Å². The number of hydrogen-bond acceptors (Lipinski definition) is 2. The maximum Gasteiger partial charge on any atom is 0.319 e. The predicted molar refractivity (Wildman–Crippen MR) is 87.4 cm³/mol. The van der Waals surface area contributed by atoms with Crippen LogP contribution in [0.5, 0.6) is 0 Å². The summed E-state index contributed by atoms with van der Waals surface area (Å²) in [5.74, 6) is -1.14. The Labute approximate surface area is 139 Å². The van der Waals surface area contributed by atoms with Gasteiger partial charge in [-0.05, 0) is 63.3 Å². The van der Waals surface area contributed by atoms with E-state index >= 15 is 0 Å². The van der Waals surface area contributed by atoms with Crippen molar-refractivity contribution in [3.8, 4) is 0 Å². The molecule has 0 aliphatic heterocycles. The highest BCUT2D eigenvalue weighted by Gasteiger charge is 2.27. The summed E-state index contributed by atoms with van der Waals surface area (Å²) in [6, 6.07) is 5.11. The molecular weight excluding hydrogens is 404 g/mol. The first-order valence-corrected chi connectivity index (χ1v) is 8.30. The fourth-order valence-electron chi connectivity index (χ4n) is 2.50. The molecule has 114 valence electrons. The van der Waals surface area contributed by atoms with E-state index in [1.807, 2.05) is 18.2 Å². The number of anilines is 1. The molecule has 2 rings (SSSR count). The van der Waals surface area contributed by atoms with Gasteiger partial charge in [-0.1, -0.05) is 12.5 Å². The van der Waals surface area contributed by atoms with Crippen molar-refractivity contribution in [1.29, 1.82) is 0 Å². The maximum atomic E-state index is 12.1. The summed E-state index contributed by atoms with van der Waals surface area (Å²) in [6.07, 6.45) is 2.81. The largest absolute Gasteiger partial charge is 0.481 e. The van der Waals surface area contributed by atoms with Crippen LogP contribution >= 0.6 is 31.9 Å². The van der Waals surface area contributed by atoms with Gasteiger partial charge in [-0.15, -0.1) is 0 Å². The second kappa shape index (κ2) is 7.26. The normalized spacial score (nSPS) is 21.6. The van der Waals surface area contributed by atoms with Gasteiger partial charge in [0.1, 0.15) is 0 Å². The van der Waals surface area contributed by atoms with Gasteiger partial charge in [0.05, 0.1) is 11.6 Å². The Kier molecular flexibility index (Phi) is 5.64. The number of carbonyl (C=O) groups excluding carboxylic acids is 1. The molecule has 0 aromatic heterocycles. The number of hydrogen-bond donors (Lipinski definition) is 3. The van der Waals surface area contributed by atoms with Gasteiger partial charge in [0, 0.05) is 15.0 Å². The molecule has 2 unspecified atom stereocenters. The number of para-hydroxylation sites is 1. The number of rotatable bonds is 3. The molecule has 1 aliphatic carbocycles. The second-order valence-corrected chi connectivity index (χ2v) is 6.80. The van der Waals surface area contributed by atoms with Crippen LogP contribution in [0, 0.1) is 5.92 Å². The average molecular weight is 420 g/mol. The first-order valence-electron chi connectivity index (χ1n) is 6.71. The van der Waals surface area contributed by atoms with Crippen molar-refractivity contribution in [1.82, 2.24) is 5.32 Å². The molecule has 0 radical (unpaired) electrons. The molecule has 5 nitrogen and oxygen atoms in total. The summed E-state index contributed by atoms with van der Waals surface area (Å²) in [5, 5.41) is 14.7. The van der Waals surface area contributed by atoms with E-state index in [0.29, 0.717) is 18.5 Å². The van der Waals surface area contributed by atoms with Crippen molar-refractivity contribution in [2.45, 2.75) is 31.7 Å². The van der Waals surface area contributed by atoms with Crippen molar-refractivity contribution >= 4 is 49.5 Å². The van der Waals surface area contributed by atoms with E-state index in [4.69, 9.17) is 5.11 Å². The summed E-state index contributed by atoms with van der Waals surface area (Å²) in [6.45, 7) is 0. The van der Waals surface area contributed by atoms with Gasteiger partial charge in [0.25, 0.3) is 0 Å². The Balaban J connectivity index is 1.94. The highest BCUT2D eigenvalue weighted by molar-refractivity contribution is 9.11. The summed E-state index contributed by atoms with van der Waals surface area (Å²) < 4.78 is 1.55. The van der Waals surface area contributed by atoms with Crippen LogP contribution in [-0.4, -0.2) is 23.1 Å². The zero-order chi connectivity index (χ0) is 15.4. The fraction of sp³-hybridized carbons (Fsp3) is 0.429. The van der Waals surface area contributed by atoms with Crippen LogP contribution in [0.1, 0.15) is 25.7 Å². The third kappa shape index (κ3) is 4.44. The number of carbonyl (C=O) groups is 2. The van der Waals surface area contributed by atoms with E-state index in [9.17, 15) is 9.59 Å². The number of aliphatic carboxylic acids is 1. The molecule has 0 bridgehead atoms. The number of urea groups is 1. The van der Waals surface area contributed by atoms with Gasteiger partial charge in [-0.25, -0.2) is 4.79 Å². The molecule has 0 spiro atoms. The van der Waals surface area contributed by atoms with Gasteiger partial charge >= 0.3 is 12.0 Å². The van der Waals surface area contributed by atoms with Crippen LogP contribution in [0.4, 0.5) is 10.5 Å². The minimum atomic E-state index is -0.782. The lowest BCUT2D eigenvalue weighted by molar-refractivity contribution is -0.143. The molecule has 0 heterocycles. The molecule has 1 fully saturated rings. The van der Waals surface area contributed by atoms with E-state index in [1.54, 1.807) is 0 Å². The molecule has 3 N–H and O–H groups in total. The van der Waals surface area contributed by atoms with Crippen molar-refractivity contribution in [2.75, 3.05) is 5.32 Å². The minimum absolute atomic E-state index is 0.0962. The summed E-state index contributed by atoms with van der Waals surface area (Å²) >= 11 is 6.76. The second-order valence-electron chi connectivity index (χ2n) is 5.09.